The number of aryl methyl sites for hydroxylation is 1. The van der Waals surface area contributed by atoms with Crippen LogP contribution in [-0.4, -0.2) is 17.9 Å². The molecule has 0 saturated carbocycles. The highest BCUT2D eigenvalue weighted by Gasteiger charge is 2.15. The summed E-state index contributed by atoms with van der Waals surface area (Å²) >= 11 is 11.0. The highest BCUT2D eigenvalue weighted by molar-refractivity contribution is 7.80. The average molecular weight is 319 g/mol. The summed E-state index contributed by atoms with van der Waals surface area (Å²) in [4.78, 5) is 14.3. The van der Waals surface area contributed by atoms with Crippen molar-refractivity contribution in [3.8, 4) is 0 Å². The zero-order valence-electron chi connectivity index (χ0n) is 11.8. The molecule has 1 amide bonds. The van der Waals surface area contributed by atoms with Crippen LogP contribution in [-0.2, 0) is 0 Å². The molecule has 0 unspecified atom stereocenters. The number of rotatable bonds is 3. The van der Waals surface area contributed by atoms with Crippen LogP contribution in [0.25, 0.3) is 0 Å². The smallest absolute Gasteiger partial charge is 0.258 e. The van der Waals surface area contributed by atoms with E-state index in [-0.39, 0.29) is 5.91 Å². The lowest BCUT2D eigenvalue weighted by Gasteiger charge is -2.18. The Bertz CT molecular complexity index is 715. The maximum Gasteiger partial charge on any atom is 0.258 e. The lowest BCUT2D eigenvalue weighted by molar-refractivity contribution is 0.0993. The Morgan fingerprint density at radius 3 is 2.52 bits per heavy atom. The van der Waals surface area contributed by atoms with Gasteiger partial charge in [-0.25, -0.2) is 0 Å². The summed E-state index contributed by atoms with van der Waals surface area (Å²) in [5, 5.41) is 0.575. The predicted molar refractivity (Wildman–Crippen MR) is 91.3 cm³/mol. The van der Waals surface area contributed by atoms with Crippen LogP contribution in [0.5, 0.6) is 0 Å². The largest absolute Gasteiger partial charge is 0.389 e. The number of hydrogen-bond acceptors (Lipinski definition) is 2. The van der Waals surface area contributed by atoms with Crippen molar-refractivity contribution < 1.29 is 4.79 Å². The molecule has 21 heavy (non-hydrogen) atoms. The molecule has 2 N–H and O–H groups in total. The molecule has 0 aromatic heterocycles. The third-order valence-electron chi connectivity index (χ3n) is 3.24. The van der Waals surface area contributed by atoms with Crippen molar-refractivity contribution in [2.45, 2.75) is 6.92 Å². The van der Waals surface area contributed by atoms with Gasteiger partial charge in [0.25, 0.3) is 5.91 Å². The van der Waals surface area contributed by atoms with E-state index in [1.807, 2.05) is 31.2 Å². The number of benzene rings is 2. The van der Waals surface area contributed by atoms with Gasteiger partial charge in [-0.05, 0) is 36.8 Å². The van der Waals surface area contributed by atoms with Gasteiger partial charge >= 0.3 is 0 Å². The monoisotopic (exact) mass is 318 g/mol. The molecular formula is C16H15ClN2OS. The molecule has 0 saturated heterocycles. The van der Waals surface area contributed by atoms with Crippen LogP contribution in [0.3, 0.4) is 0 Å². The van der Waals surface area contributed by atoms with Crippen LogP contribution in [0.15, 0.2) is 42.5 Å². The minimum absolute atomic E-state index is 0.142. The fraction of sp³-hybridized carbons (Fsp3) is 0.125. The third kappa shape index (κ3) is 3.40. The predicted octanol–water partition coefficient (Wildman–Crippen LogP) is 3.56. The molecule has 0 radical (unpaired) electrons. The highest BCUT2D eigenvalue weighted by Crippen LogP contribution is 2.21. The lowest BCUT2D eigenvalue weighted by atomic mass is 10.1. The van der Waals surface area contributed by atoms with E-state index in [0.717, 1.165) is 16.8 Å². The van der Waals surface area contributed by atoms with Crippen LogP contribution in [0.4, 0.5) is 5.69 Å². The summed E-state index contributed by atoms with van der Waals surface area (Å²) in [5.74, 6) is -0.142. The zero-order chi connectivity index (χ0) is 15.6. The zero-order valence-corrected chi connectivity index (χ0v) is 13.3. The molecule has 2 rings (SSSR count). The second-order valence-electron chi connectivity index (χ2n) is 4.74. The number of carbonyl (C=O) groups excluding carboxylic acids is 1. The SMILES string of the molecule is Cc1ccc(C(=O)N(C)c2cccc(C(N)=S)c2)cc1Cl. The molecule has 0 spiro atoms. The van der Waals surface area contributed by atoms with E-state index in [2.05, 4.69) is 0 Å². The van der Waals surface area contributed by atoms with E-state index in [1.54, 1.807) is 30.1 Å². The van der Waals surface area contributed by atoms with Crippen molar-refractivity contribution >= 4 is 40.4 Å². The van der Waals surface area contributed by atoms with Crippen molar-refractivity contribution in [3.05, 3.63) is 64.2 Å². The number of anilines is 1. The molecule has 2 aromatic carbocycles. The van der Waals surface area contributed by atoms with Crippen LogP contribution < -0.4 is 10.6 Å². The molecule has 0 atom stereocenters. The van der Waals surface area contributed by atoms with Crippen molar-refractivity contribution in [3.63, 3.8) is 0 Å². The third-order valence-corrected chi connectivity index (χ3v) is 3.88. The number of thiocarbonyl (C=S) groups is 1. The molecular weight excluding hydrogens is 304 g/mol. The van der Waals surface area contributed by atoms with Gasteiger partial charge in [0.05, 0.1) is 0 Å². The molecule has 0 aliphatic carbocycles. The van der Waals surface area contributed by atoms with Crippen molar-refractivity contribution in [2.75, 3.05) is 11.9 Å². The molecule has 2 aromatic rings. The van der Waals surface area contributed by atoms with Crippen molar-refractivity contribution in [2.24, 2.45) is 5.73 Å². The fourth-order valence-electron chi connectivity index (χ4n) is 1.90. The number of amides is 1. The highest BCUT2D eigenvalue weighted by atomic mass is 35.5. The number of nitrogens with two attached hydrogens (primary N) is 1. The Kier molecular flexibility index (Phi) is 4.60. The first-order valence-electron chi connectivity index (χ1n) is 6.34. The number of nitrogens with zero attached hydrogens (tertiary/aromatic N) is 1. The van der Waals surface area contributed by atoms with E-state index < -0.39 is 0 Å². The maximum atomic E-state index is 12.5. The summed E-state index contributed by atoms with van der Waals surface area (Å²) in [5.41, 5.74) is 8.54. The quantitative estimate of drug-likeness (QED) is 0.880. The molecule has 0 aliphatic rings. The van der Waals surface area contributed by atoms with Gasteiger partial charge in [-0.15, -0.1) is 0 Å². The molecule has 0 heterocycles. The first kappa shape index (κ1) is 15.5. The van der Waals surface area contributed by atoms with Gasteiger partial charge in [-0.1, -0.05) is 42.0 Å². The summed E-state index contributed by atoms with van der Waals surface area (Å²) in [6.07, 6.45) is 0. The molecule has 0 fully saturated rings. The summed E-state index contributed by atoms with van der Waals surface area (Å²) in [7, 11) is 1.70. The molecule has 3 nitrogen and oxygen atoms in total. The van der Waals surface area contributed by atoms with E-state index in [9.17, 15) is 4.79 Å². The van der Waals surface area contributed by atoms with Gasteiger partial charge in [-0.3, -0.25) is 4.79 Å². The van der Waals surface area contributed by atoms with Crippen LogP contribution >= 0.6 is 23.8 Å². The van der Waals surface area contributed by atoms with Crippen molar-refractivity contribution in [1.29, 1.82) is 0 Å². The first-order chi connectivity index (χ1) is 9.90. The second-order valence-corrected chi connectivity index (χ2v) is 5.59. The Balaban J connectivity index is 2.32. The average Bonchev–Trinajstić information content (AvgIpc) is 2.48. The first-order valence-corrected chi connectivity index (χ1v) is 7.13. The molecule has 0 bridgehead atoms. The van der Waals surface area contributed by atoms with Gasteiger partial charge in [0, 0.05) is 28.9 Å². The van der Waals surface area contributed by atoms with Crippen LogP contribution in [0.1, 0.15) is 21.5 Å². The number of carbonyl (C=O) groups is 1. The maximum absolute atomic E-state index is 12.5. The summed E-state index contributed by atoms with van der Waals surface area (Å²) in [6.45, 7) is 1.89. The van der Waals surface area contributed by atoms with Gasteiger partial charge in [0.2, 0.25) is 0 Å². The van der Waals surface area contributed by atoms with E-state index in [1.165, 1.54) is 0 Å². The summed E-state index contributed by atoms with van der Waals surface area (Å²) < 4.78 is 0. The minimum atomic E-state index is -0.142. The number of halogens is 1. The van der Waals surface area contributed by atoms with E-state index in [0.29, 0.717) is 15.6 Å². The van der Waals surface area contributed by atoms with Gasteiger partial charge < -0.3 is 10.6 Å². The molecule has 0 aliphatic heterocycles. The van der Waals surface area contributed by atoms with E-state index in [4.69, 9.17) is 29.6 Å². The fourth-order valence-corrected chi connectivity index (χ4v) is 2.21. The Hall–Kier alpha value is -1.91. The topological polar surface area (TPSA) is 46.3 Å². The van der Waals surface area contributed by atoms with Gasteiger partial charge in [0.15, 0.2) is 0 Å². The normalized spacial score (nSPS) is 10.2. The second kappa shape index (κ2) is 6.24. The van der Waals surface area contributed by atoms with Crippen LogP contribution in [0.2, 0.25) is 5.02 Å². The van der Waals surface area contributed by atoms with Gasteiger partial charge in [-0.2, -0.15) is 0 Å². The van der Waals surface area contributed by atoms with E-state index >= 15 is 0 Å². The standard InChI is InChI=1S/C16H15ClN2OS/c1-10-6-7-12(9-14(10)17)16(20)19(2)13-5-3-4-11(8-13)15(18)21/h3-9H,1-2H3,(H2,18,21). The van der Waals surface area contributed by atoms with Gasteiger partial charge in [0.1, 0.15) is 4.99 Å². The van der Waals surface area contributed by atoms with Crippen molar-refractivity contribution in [1.82, 2.24) is 0 Å². The minimum Gasteiger partial charge on any atom is -0.389 e. The van der Waals surface area contributed by atoms with Crippen LogP contribution in [0, 0.1) is 6.92 Å². The molecule has 108 valence electrons. The lowest BCUT2D eigenvalue weighted by Crippen LogP contribution is -2.26. The Morgan fingerprint density at radius 1 is 1.19 bits per heavy atom. The number of hydrogen-bond donors (Lipinski definition) is 1. The Labute approximate surface area is 134 Å². The molecule has 5 heteroatoms. The Morgan fingerprint density at radius 2 is 1.90 bits per heavy atom. The summed E-state index contributed by atoms with van der Waals surface area (Å²) in [6, 6.07) is 12.5.